The van der Waals surface area contributed by atoms with Crippen LogP contribution in [0.15, 0.2) is 77.4 Å². The molecule has 39 heavy (non-hydrogen) atoms. The highest BCUT2D eigenvalue weighted by molar-refractivity contribution is 7.59. The maximum absolute atomic E-state index is 12.2. The van der Waals surface area contributed by atoms with Crippen LogP contribution in [0, 0.1) is 29.1 Å². The Bertz CT molecular complexity index is 1310. The van der Waals surface area contributed by atoms with E-state index >= 15 is 0 Å². The lowest BCUT2D eigenvalue weighted by Crippen LogP contribution is -2.51. The molecule has 5 atom stereocenters. The number of benzene rings is 2. The molecule has 0 spiro atoms. The minimum Gasteiger partial charge on any atom is -0.508 e. The Hall–Kier alpha value is -1.69. The molecule has 0 unspecified atom stereocenters. The molecule has 0 saturated heterocycles. The molecule has 2 aromatic rings. The van der Waals surface area contributed by atoms with E-state index < -0.39 is 5.60 Å². The number of phenols is 1. The number of aliphatic hydroxyl groups is 1. The van der Waals surface area contributed by atoms with E-state index in [1.54, 1.807) is 12.1 Å². The van der Waals surface area contributed by atoms with Crippen molar-refractivity contribution in [1.82, 2.24) is 0 Å². The van der Waals surface area contributed by atoms with Crippen LogP contribution in [0.3, 0.4) is 0 Å². The van der Waals surface area contributed by atoms with Crippen LogP contribution in [0.2, 0.25) is 0 Å². The Morgan fingerprint density at radius 1 is 0.897 bits per heavy atom. The number of hydrogen-bond donors (Lipinski definition) is 2. The molecule has 6 rings (SSSR count). The van der Waals surface area contributed by atoms with Gasteiger partial charge in [-0.2, -0.15) is 54.0 Å². The minimum absolute atomic E-state index is 0. The molecular formula is C32H40O3S4. The van der Waals surface area contributed by atoms with Crippen LogP contribution in [0.5, 0.6) is 5.75 Å². The van der Waals surface area contributed by atoms with E-state index in [9.17, 15) is 15.0 Å². The lowest BCUT2D eigenvalue weighted by Gasteiger charge is -2.53. The smallest absolute Gasteiger partial charge is 0.156 e. The minimum atomic E-state index is -1.04. The molecule has 0 aromatic heterocycles. The van der Waals surface area contributed by atoms with Gasteiger partial charge in [-0.05, 0) is 97.4 Å². The summed E-state index contributed by atoms with van der Waals surface area (Å²) in [5, 5.41) is 22.0. The Morgan fingerprint density at radius 3 is 2.28 bits per heavy atom. The SMILES string of the molecule is C[C@]12C[C@H](c3ccc(O)cc3)C3=C4CCC(=O)C=C4CC[C@H]3[C@@H]1CC[C@@]2(O)C#Cc1ccccc1.S.S.S.S. The van der Waals surface area contributed by atoms with E-state index in [0.717, 1.165) is 37.7 Å². The Labute approximate surface area is 260 Å². The number of hydrogen-bond acceptors (Lipinski definition) is 3. The highest BCUT2D eigenvalue weighted by atomic mass is 32.1. The van der Waals surface area contributed by atoms with Gasteiger partial charge in [-0.15, -0.1) is 0 Å². The number of rotatable bonds is 1. The highest BCUT2D eigenvalue weighted by Gasteiger charge is 2.62. The molecule has 2 saturated carbocycles. The van der Waals surface area contributed by atoms with Gasteiger partial charge in [0.15, 0.2) is 5.78 Å². The topological polar surface area (TPSA) is 57.5 Å². The molecule has 210 valence electrons. The molecule has 0 aliphatic heterocycles. The largest absolute Gasteiger partial charge is 0.508 e. The molecule has 0 radical (unpaired) electrons. The van der Waals surface area contributed by atoms with Gasteiger partial charge in [0.1, 0.15) is 11.4 Å². The van der Waals surface area contributed by atoms with Gasteiger partial charge in [0.2, 0.25) is 0 Å². The Morgan fingerprint density at radius 2 is 1.59 bits per heavy atom. The predicted molar refractivity (Wildman–Crippen MR) is 178 cm³/mol. The molecule has 2 aromatic carbocycles. The van der Waals surface area contributed by atoms with Crippen LogP contribution in [0.25, 0.3) is 0 Å². The van der Waals surface area contributed by atoms with Crippen molar-refractivity contribution < 1.29 is 15.0 Å². The quantitative estimate of drug-likeness (QED) is 0.366. The molecule has 0 amide bonds. The summed E-state index contributed by atoms with van der Waals surface area (Å²) in [6.07, 6.45) is 7.75. The van der Waals surface area contributed by atoms with Crippen LogP contribution in [0.1, 0.15) is 68.9 Å². The third-order valence-corrected chi connectivity index (χ3v) is 9.37. The van der Waals surface area contributed by atoms with E-state index in [1.165, 1.54) is 22.3 Å². The van der Waals surface area contributed by atoms with Gasteiger partial charge in [0.05, 0.1) is 0 Å². The van der Waals surface area contributed by atoms with Crippen LogP contribution >= 0.6 is 54.0 Å². The van der Waals surface area contributed by atoms with Crippen LogP contribution in [0.4, 0.5) is 0 Å². The van der Waals surface area contributed by atoms with Gasteiger partial charge >= 0.3 is 0 Å². The van der Waals surface area contributed by atoms with Crippen LogP contribution < -0.4 is 0 Å². The zero-order valence-corrected chi connectivity index (χ0v) is 26.3. The number of aromatic hydroxyl groups is 1. The lowest BCUT2D eigenvalue weighted by molar-refractivity contribution is -0.114. The standard InChI is InChI=1S/C32H32O3.4H2S/c1-31-20-28(22-7-10-24(33)11-8-22)30-26-14-12-25(34)19-23(26)9-13-27(30)29(31)16-18-32(31,35)17-15-21-5-3-2-4-6-21;;;;/h2-8,10-11,19,27-29,33,35H,9,12-14,16,18,20H2,1H3;4*1H2/t27-,28+,29-,31-,32-;;;;/m0..../s1. The third-order valence-electron chi connectivity index (χ3n) is 9.37. The second kappa shape index (κ2) is 12.9. The van der Waals surface area contributed by atoms with Gasteiger partial charge in [0, 0.05) is 23.3 Å². The fourth-order valence-corrected chi connectivity index (χ4v) is 7.57. The number of allylic oxidation sites excluding steroid dienone is 4. The zero-order valence-electron chi connectivity index (χ0n) is 22.3. The predicted octanol–water partition coefficient (Wildman–Crippen LogP) is 6.53. The summed E-state index contributed by atoms with van der Waals surface area (Å²) in [6.45, 7) is 2.26. The van der Waals surface area contributed by atoms with Crippen molar-refractivity contribution in [2.45, 2.75) is 63.4 Å². The summed E-state index contributed by atoms with van der Waals surface area (Å²) in [4.78, 5) is 12.2. The molecular weight excluding hydrogens is 561 g/mol. The van der Waals surface area contributed by atoms with E-state index in [4.69, 9.17) is 0 Å². The van der Waals surface area contributed by atoms with Crippen molar-refractivity contribution in [3.63, 3.8) is 0 Å². The van der Waals surface area contributed by atoms with E-state index in [-0.39, 0.29) is 76.8 Å². The maximum Gasteiger partial charge on any atom is 0.156 e. The summed E-state index contributed by atoms with van der Waals surface area (Å²) in [7, 11) is 0. The van der Waals surface area contributed by atoms with Crippen LogP contribution in [-0.4, -0.2) is 21.6 Å². The number of fused-ring (bicyclic) bond motifs is 4. The van der Waals surface area contributed by atoms with Crippen molar-refractivity contribution in [2.75, 3.05) is 0 Å². The fraction of sp³-hybridized carbons (Fsp3) is 0.406. The number of carbonyl (C=O) groups is 1. The van der Waals surface area contributed by atoms with Gasteiger partial charge in [-0.1, -0.05) is 54.7 Å². The first-order valence-electron chi connectivity index (χ1n) is 12.9. The van der Waals surface area contributed by atoms with Crippen molar-refractivity contribution in [3.05, 3.63) is 88.5 Å². The summed E-state index contributed by atoms with van der Waals surface area (Å²) in [6, 6.07) is 17.5. The first kappa shape index (κ1) is 33.5. The summed E-state index contributed by atoms with van der Waals surface area (Å²) in [5.41, 5.74) is 4.85. The Kier molecular flexibility index (Phi) is 11.1. The van der Waals surface area contributed by atoms with Crippen molar-refractivity contribution >= 4 is 59.8 Å². The summed E-state index contributed by atoms with van der Waals surface area (Å²) >= 11 is 0. The molecule has 4 aliphatic carbocycles. The zero-order chi connectivity index (χ0) is 24.2. The number of ketones is 1. The lowest BCUT2D eigenvalue weighted by atomic mass is 9.51. The Balaban J connectivity index is 0.00000133. The molecule has 7 heteroatoms. The normalized spacial score (nSPS) is 30.3. The van der Waals surface area contributed by atoms with Crippen molar-refractivity contribution in [3.8, 4) is 17.6 Å². The fourth-order valence-electron chi connectivity index (χ4n) is 7.57. The molecule has 2 fully saturated rings. The number of carbonyl (C=O) groups excluding carboxylic acids is 1. The van der Waals surface area contributed by atoms with Gasteiger partial charge < -0.3 is 10.2 Å². The molecule has 2 N–H and O–H groups in total. The van der Waals surface area contributed by atoms with Crippen molar-refractivity contribution in [2.24, 2.45) is 17.3 Å². The molecule has 0 bridgehead atoms. The van der Waals surface area contributed by atoms with Gasteiger partial charge in [-0.25, -0.2) is 0 Å². The average molecular weight is 601 g/mol. The monoisotopic (exact) mass is 600 g/mol. The first-order chi connectivity index (χ1) is 16.9. The van der Waals surface area contributed by atoms with Gasteiger partial charge in [0.25, 0.3) is 0 Å². The maximum atomic E-state index is 12.2. The van der Waals surface area contributed by atoms with E-state index in [2.05, 4.69) is 18.8 Å². The first-order valence-corrected chi connectivity index (χ1v) is 12.9. The summed E-state index contributed by atoms with van der Waals surface area (Å²) < 4.78 is 0. The van der Waals surface area contributed by atoms with E-state index in [1.807, 2.05) is 48.5 Å². The van der Waals surface area contributed by atoms with Gasteiger partial charge in [-0.3, -0.25) is 4.79 Å². The van der Waals surface area contributed by atoms with E-state index in [0.29, 0.717) is 24.7 Å². The highest BCUT2D eigenvalue weighted by Crippen LogP contribution is 2.66. The third kappa shape index (κ3) is 5.74. The average Bonchev–Trinajstić information content (AvgIpc) is 3.13. The molecule has 3 nitrogen and oxygen atoms in total. The van der Waals surface area contributed by atoms with Crippen LogP contribution in [-0.2, 0) is 4.79 Å². The molecule has 0 heterocycles. The number of phenolic OH excluding ortho intramolecular Hbond substituents is 1. The molecule has 4 aliphatic rings. The second-order valence-electron chi connectivity index (χ2n) is 11.1. The summed E-state index contributed by atoms with van der Waals surface area (Å²) in [5.74, 6) is 8.04. The second-order valence-corrected chi connectivity index (χ2v) is 11.1. The van der Waals surface area contributed by atoms with Crippen molar-refractivity contribution in [1.29, 1.82) is 0 Å².